The number of imide groups is 1. The molecule has 1 aliphatic rings. The first-order valence-corrected chi connectivity index (χ1v) is 7.66. The molecule has 5 heteroatoms. The fourth-order valence-corrected chi connectivity index (χ4v) is 2.35. The van der Waals surface area contributed by atoms with Crippen LogP contribution in [0.15, 0.2) is 18.2 Å². The molecular formula is C17H22N2O3. The fraction of sp³-hybridized carbons (Fsp3) is 0.471. The number of fused-ring (bicyclic) bond motifs is 1. The van der Waals surface area contributed by atoms with Crippen molar-refractivity contribution in [3.05, 3.63) is 29.3 Å². The van der Waals surface area contributed by atoms with Crippen molar-refractivity contribution >= 4 is 23.4 Å². The van der Waals surface area contributed by atoms with E-state index in [2.05, 4.69) is 5.32 Å². The molecule has 1 aliphatic heterocycles. The van der Waals surface area contributed by atoms with E-state index >= 15 is 0 Å². The number of nitrogens with one attached hydrogen (secondary N) is 1. The summed E-state index contributed by atoms with van der Waals surface area (Å²) in [5, 5.41) is 2.79. The number of anilines is 1. The molecule has 1 heterocycles. The zero-order valence-corrected chi connectivity index (χ0v) is 13.5. The van der Waals surface area contributed by atoms with Gasteiger partial charge in [-0.25, -0.2) is 0 Å². The van der Waals surface area contributed by atoms with Crippen molar-refractivity contribution in [2.24, 2.45) is 11.8 Å². The highest BCUT2D eigenvalue weighted by Crippen LogP contribution is 2.26. The van der Waals surface area contributed by atoms with Crippen LogP contribution in [0.25, 0.3) is 0 Å². The van der Waals surface area contributed by atoms with E-state index in [9.17, 15) is 14.4 Å². The number of hydrogen-bond donors (Lipinski definition) is 1. The minimum absolute atomic E-state index is 0.0849. The molecule has 22 heavy (non-hydrogen) atoms. The van der Waals surface area contributed by atoms with Gasteiger partial charge in [-0.2, -0.15) is 0 Å². The molecule has 0 aliphatic carbocycles. The lowest BCUT2D eigenvalue weighted by Crippen LogP contribution is -2.33. The number of benzene rings is 1. The van der Waals surface area contributed by atoms with E-state index in [4.69, 9.17) is 0 Å². The molecule has 1 N–H and O–H groups in total. The Morgan fingerprint density at radius 3 is 2.36 bits per heavy atom. The average molecular weight is 302 g/mol. The summed E-state index contributed by atoms with van der Waals surface area (Å²) in [5.41, 5.74) is 1.33. The van der Waals surface area contributed by atoms with Crippen molar-refractivity contribution in [2.45, 2.75) is 34.1 Å². The molecule has 0 unspecified atom stereocenters. The summed E-state index contributed by atoms with van der Waals surface area (Å²) in [7, 11) is 0. The van der Waals surface area contributed by atoms with Gasteiger partial charge in [-0.3, -0.25) is 19.3 Å². The Morgan fingerprint density at radius 1 is 1.14 bits per heavy atom. The van der Waals surface area contributed by atoms with Crippen molar-refractivity contribution < 1.29 is 14.4 Å². The van der Waals surface area contributed by atoms with Crippen LogP contribution in [-0.2, 0) is 4.79 Å². The third-order valence-electron chi connectivity index (χ3n) is 3.85. The molecule has 118 valence electrons. The van der Waals surface area contributed by atoms with Crippen LogP contribution in [0, 0.1) is 11.8 Å². The number of amides is 3. The maximum Gasteiger partial charge on any atom is 0.261 e. The monoisotopic (exact) mass is 302 g/mol. The molecule has 0 saturated carbocycles. The summed E-state index contributed by atoms with van der Waals surface area (Å²) < 4.78 is 0. The third-order valence-corrected chi connectivity index (χ3v) is 3.85. The van der Waals surface area contributed by atoms with Crippen molar-refractivity contribution in [2.75, 3.05) is 11.9 Å². The zero-order chi connectivity index (χ0) is 16.4. The van der Waals surface area contributed by atoms with Crippen molar-refractivity contribution in [3.8, 4) is 0 Å². The maximum atomic E-state index is 12.4. The highest BCUT2D eigenvalue weighted by Gasteiger charge is 2.35. The quantitative estimate of drug-likeness (QED) is 0.850. The normalized spacial score (nSPS) is 15.2. The molecule has 1 atom stereocenters. The Hall–Kier alpha value is -2.17. The first-order valence-electron chi connectivity index (χ1n) is 7.66. The van der Waals surface area contributed by atoms with Crippen LogP contribution in [-0.4, -0.2) is 29.2 Å². The molecule has 1 aromatic carbocycles. The Balaban J connectivity index is 2.24. The van der Waals surface area contributed by atoms with Gasteiger partial charge in [-0.05, 0) is 30.5 Å². The van der Waals surface area contributed by atoms with Gasteiger partial charge in [-0.1, -0.05) is 27.7 Å². The molecule has 0 aromatic heterocycles. The van der Waals surface area contributed by atoms with Crippen molar-refractivity contribution in [3.63, 3.8) is 0 Å². The fourth-order valence-electron chi connectivity index (χ4n) is 2.35. The molecule has 0 bridgehead atoms. The Morgan fingerprint density at radius 2 is 1.77 bits per heavy atom. The predicted octanol–water partition coefficient (Wildman–Crippen LogP) is 2.92. The molecule has 5 nitrogen and oxygen atoms in total. The minimum atomic E-state index is -0.284. The lowest BCUT2D eigenvalue weighted by Gasteiger charge is -2.15. The van der Waals surface area contributed by atoms with Gasteiger partial charge in [0.05, 0.1) is 11.1 Å². The highest BCUT2D eigenvalue weighted by atomic mass is 16.2. The summed E-state index contributed by atoms with van der Waals surface area (Å²) in [4.78, 5) is 37.8. The van der Waals surface area contributed by atoms with Crippen molar-refractivity contribution in [1.82, 2.24) is 4.90 Å². The van der Waals surface area contributed by atoms with Crippen LogP contribution in [0.5, 0.6) is 0 Å². The van der Waals surface area contributed by atoms with Gasteiger partial charge in [0.1, 0.15) is 0 Å². The number of hydrogen-bond acceptors (Lipinski definition) is 3. The molecule has 0 radical (unpaired) electrons. The SMILES string of the molecule is CC[C@@H](C)C(=O)Nc1ccc2c(c1)C(=O)N(CC(C)C)C2=O. The van der Waals surface area contributed by atoms with Gasteiger partial charge in [0, 0.05) is 18.2 Å². The summed E-state index contributed by atoms with van der Waals surface area (Å²) in [5.74, 6) is -0.505. The summed E-state index contributed by atoms with van der Waals surface area (Å²) in [6.07, 6.45) is 0.746. The highest BCUT2D eigenvalue weighted by molar-refractivity contribution is 6.21. The van der Waals surface area contributed by atoms with E-state index in [0.29, 0.717) is 23.4 Å². The van der Waals surface area contributed by atoms with Gasteiger partial charge >= 0.3 is 0 Å². The Kier molecular flexibility index (Phi) is 4.64. The summed E-state index contributed by atoms with van der Waals surface area (Å²) in [6, 6.07) is 4.88. The first kappa shape index (κ1) is 16.2. The van der Waals surface area contributed by atoms with E-state index in [-0.39, 0.29) is 29.6 Å². The standard InChI is InChI=1S/C17H22N2O3/c1-5-11(4)15(20)18-12-6-7-13-14(8-12)17(22)19(16(13)21)9-10(2)3/h6-8,10-11H,5,9H2,1-4H3,(H,18,20)/t11-/m1/s1. The third kappa shape index (κ3) is 3.03. The van der Waals surface area contributed by atoms with Crippen LogP contribution in [0.2, 0.25) is 0 Å². The van der Waals surface area contributed by atoms with Crippen molar-refractivity contribution in [1.29, 1.82) is 0 Å². The second-order valence-corrected chi connectivity index (χ2v) is 6.17. The topological polar surface area (TPSA) is 66.5 Å². The minimum Gasteiger partial charge on any atom is -0.326 e. The number of nitrogens with zero attached hydrogens (tertiary/aromatic N) is 1. The second-order valence-electron chi connectivity index (χ2n) is 6.17. The molecule has 0 spiro atoms. The van der Waals surface area contributed by atoms with E-state index in [1.807, 2.05) is 27.7 Å². The molecule has 1 aromatic rings. The predicted molar refractivity (Wildman–Crippen MR) is 84.7 cm³/mol. The Labute approximate surface area is 130 Å². The lowest BCUT2D eigenvalue weighted by molar-refractivity contribution is -0.119. The second kappa shape index (κ2) is 6.30. The van der Waals surface area contributed by atoms with Gasteiger partial charge in [0.2, 0.25) is 5.91 Å². The summed E-state index contributed by atoms with van der Waals surface area (Å²) in [6.45, 7) is 8.12. The van der Waals surface area contributed by atoms with E-state index in [0.717, 1.165) is 6.42 Å². The van der Waals surface area contributed by atoms with Crippen LogP contribution in [0.3, 0.4) is 0 Å². The van der Waals surface area contributed by atoms with Crippen LogP contribution in [0.4, 0.5) is 5.69 Å². The van der Waals surface area contributed by atoms with Crippen LogP contribution in [0.1, 0.15) is 54.8 Å². The number of rotatable bonds is 5. The van der Waals surface area contributed by atoms with Gasteiger partial charge < -0.3 is 5.32 Å². The molecule has 0 saturated heterocycles. The van der Waals surface area contributed by atoms with Gasteiger partial charge in [0.25, 0.3) is 11.8 Å². The molecular weight excluding hydrogens is 280 g/mol. The number of carbonyl (C=O) groups excluding carboxylic acids is 3. The van der Waals surface area contributed by atoms with Gasteiger partial charge in [-0.15, -0.1) is 0 Å². The lowest BCUT2D eigenvalue weighted by atomic mass is 10.1. The maximum absolute atomic E-state index is 12.4. The van der Waals surface area contributed by atoms with E-state index < -0.39 is 0 Å². The van der Waals surface area contributed by atoms with Gasteiger partial charge in [0.15, 0.2) is 0 Å². The first-order chi connectivity index (χ1) is 10.3. The zero-order valence-electron chi connectivity index (χ0n) is 13.5. The number of carbonyl (C=O) groups is 3. The molecule has 3 amide bonds. The van der Waals surface area contributed by atoms with E-state index in [1.165, 1.54) is 4.90 Å². The summed E-state index contributed by atoms with van der Waals surface area (Å²) >= 11 is 0. The smallest absolute Gasteiger partial charge is 0.261 e. The van der Waals surface area contributed by atoms with Crippen LogP contribution >= 0.6 is 0 Å². The van der Waals surface area contributed by atoms with E-state index in [1.54, 1.807) is 18.2 Å². The van der Waals surface area contributed by atoms with Crippen LogP contribution < -0.4 is 5.32 Å². The Bertz CT molecular complexity index is 622. The largest absolute Gasteiger partial charge is 0.326 e. The molecule has 2 rings (SSSR count). The molecule has 0 fully saturated rings. The average Bonchev–Trinajstić information content (AvgIpc) is 2.71.